The molecule has 4 aromatic rings. The quantitative estimate of drug-likeness (QED) is 0.464. The van der Waals surface area contributed by atoms with Crippen molar-refractivity contribution in [2.75, 3.05) is 14.2 Å². The summed E-state index contributed by atoms with van der Waals surface area (Å²) in [5.74, 6) is 1.86. The van der Waals surface area contributed by atoms with E-state index in [-0.39, 0.29) is 0 Å². The number of thiophene rings is 2. The highest BCUT2D eigenvalue weighted by Gasteiger charge is 1.96. The maximum Gasteiger partial charge on any atom is 0.197 e. The van der Waals surface area contributed by atoms with Crippen LogP contribution in [0.1, 0.15) is 0 Å². The Labute approximate surface area is 154 Å². The fraction of sp³-hybridized carbons (Fsp3) is 0.111. The SMILES string of the molecule is COc1ccc2ccsc2c1.COc1ccc2ccsc2c1.O=S. The van der Waals surface area contributed by atoms with Crippen molar-refractivity contribution in [3.8, 4) is 11.5 Å². The summed E-state index contributed by atoms with van der Waals surface area (Å²) in [5, 5.41) is 6.75. The second kappa shape index (κ2) is 9.32. The number of fused-ring (bicyclic) bond motifs is 2. The summed E-state index contributed by atoms with van der Waals surface area (Å²) in [5.41, 5.74) is 0. The molecule has 0 fully saturated rings. The smallest absolute Gasteiger partial charge is 0.197 e. The Morgan fingerprint density at radius 2 is 1.12 bits per heavy atom. The van der Waals surface area contributed by atoms with Crippen LogP contribution < -0.4 is 9.47 Å². The van der Waals surface area contributed by atoms with Crippen molar-refractivity contribution in [3.05, 3.63) is 59.3 Å². The van der Waals surface area contributed by atoms with Crippen LogP contribution in [-0.4, -0.2) is 18.4 Å². The van der Waals surface area contributed by atoms with Crippen LogP contribution in [0.3, 0.4) is 0 Å². The van der Waals surface area contributed by atoms with Gasteiger partial charge >= 0.3 is 0 Å². The summed E-state index contributed by atoms with van der Waals surface area (Å²) >= 11 is 6.31. The third-order valence-corrected chi connectivity index (χ3v) is 5.09. The lowest BCUT2D eigenvalue weighted by Crippen LogP contribution is -1.79. The Balaban J connectivity index is 0.000000158. The summed E-state index contributed by atoms with van der Waals surface area (Å²) in [4.78, 5) is 0. The molecule has 3 nitrogen and oxygen atoms in total. The highest BCUT2D eigenvalue weighted by atomic mass is 32.1. The Bertz CT molecular complexity index is 824. The molecule has 2 heterocycles. The molecule has 0 saturated carbocycles. The van der Waals surface area contributed by atoms with Crippen LogP contribution in [0.15, 0.2) is 59.3 Å². The monoisotopic (exact) mass is 376 g/mol. The number of ether oxygens (including phenoxy) is 2. The summed E-state index contributed by atoms with van der Waals surface area (Å²) in [6.07, 6.45) is 0. The number of rotatable bonds is 2. The van der Waals surface area contributed by atoms with Gasteiger partial charge in [0, 0.05) is 9.40 Å². The number of hydrogen-bond donors (Lipinski definition) is 0. The summed E-state index contributed by atoms with van der Waals surface area (Å²) in [6, 6.07) is 16.4. The van der Waals surface area contributed by atoms with E-state index in [2.05, 4.69) is 59.7 Å². The van der Waals surface area contributed by atoms with Crippen molar-refractivity contribution in [2.24, 2.45) is 0 Å². The van der Waals surface area contributed by atoms with Crippen LogP contribution in [0.5, 0.6) is 11.5 Å². The van der Waals surface area contributed by atoms with Gasteiger partial charge in [-0.05, 0) is 70.1 Å². The Kier molecular flexibility index (Phi) is 7.11. The van der Waals surface area contributed by atoms with E-state index in [9.17, 15) is 0 Å². The Hall–Kier alpha value is -2.02. The maximum atomic E-state index is 7.83. The van der Waals surface area contributed by atoms with Gasteiger partial charge in [0.1, 0.15) is 11.5 Å². The zero-order valence-electron chi connectivity index (χ0n) is 13.2. The molecule has 2 aromatic carbocycles. The van der Waals surface area contributed by atoms with Crippen molar-refractivity contribution in [2.45, 2.75) is 0 Å². The van der Waals surface area contributed by atoms with Crippen molar-refractivity contribution in [1.29, 1.82) is 0 Å². The second-order valence-corrected chi connectivity index (χ2v) is 6.54. The minimum Gasteiger partial charge on any atom is -0.497 e. The minimum absolute atomic E-state index is 0.931. The third kappa shape index (κ3) is 4.50. The molecule has 6 heteroatoms. The van der Waals surface area contributed by atoms with E-state index < -0.39 is 0 Å². The summed E-state index contributed by atoms with van der Waals surface area (Å²) in [7, 11) is 3.38. The lowest BCUT2D eigenvalue weighted by molar-refractivity contribution is 0.415. The molecule has 0 aliphatic heterocycles. The third-order valence-electron chi connectivity index (χ3n) is 3.33. The predicted molar refractivity (Wildman–Crippen MR) is 105 cm³/mol. The molecule has 24 heavy (non-hydrogen) atoms. The van der Waals surface area contributed by atoms with Gasteiger partial charge in [-0.15, -0.1) is 22.7 Å². The van der Waals surface area contributed by atoms with Crippen LogP contribution in [0.25, 0.3) is 20.2 Å². The largest absolute Gasteiger partial charge is 0.497 e. The fourth-order valence-electron chi connectivity index (χ4n) is 2.12. The molecular formula is C18H16O3S3. The molecule has 2 aromatic heterocycles. The molecule has 4 rings (SSSR count). The molecule has 124 valence electrons. The molecule has 0 bridgehead atoms. The zero-order chi connectivity index (χ0) is 17.4. The minimum atomic E-state index is 0.931. The summed E-state index contributed by atoms with van der Waals surface area (Å²) < 4.78 is 20.6. The average Bonchev–Trinajstić information content (AvgIpc) is 3.31. The predicted octanol–water partition coefficient (Wildman–Crippen LogP) is 5.48. The molecule has 0 aliphatic rings. The Morgan fingerprint density at radius 1 is 0.708 bits per heavy atom. The van der Waals surface area contributed by atoms with E-state index in [1.54, 1.807) is 36.9 Å². The molecule has 0 unspecified atom stereocenters. The standard InChI is InChI=1S/2C9H8OS.OS/c2*1-10-8-3-2-7-4-5-11-9(7)6-8;1-2/h2*2-6H,1H3;. The fourth-order valence-corrected chi connectivity index (χ4v) is 3.76. The molecular weight excluding hydrogens is 360 g/mol. The van der Waals surface area contributed by atoms with E-state index in [0.717, 1.165) is 11.5 Å². The van der Waals surface area contributed by atoms with Crippen LogP contribution in [0.4, 0.5) is 0 Å². The normalized spacial score (nSPS) is 9.58. The summed E-state index contributed by atoms with van der Waals surface area (Å²) in [6.45, 7) is 0. The first-order valence-corrected chi connectivity index (χ1v) is 9.08. The number of hydrogen-bond acceptors (Lipinski definition) is 6. The van der Waals surface area contributed by atoms with Crippen molar-refractivity contribution >= 4 is 55.4 Å². The zero-order valence-corrected chi connectivity index (χ0v) is 15.7. The number of methoxy groups -OCH3 is 2. The maximum absolute atomic E-state index is 7.83. The van der Waals surface area contributed by atoms with Crippen molar-refractivity contribution < 1.29 is 13.7 Å². The van der Waals surface area contributed by atoms with E-state index >= 15 is 0 Å². The first kappa shape index (κ1) is 18.3. The van der Waals surface area contributed by atoms with E-state index in [4.69, 9.17) is 13.7 Å². The van der Waals surface area contributed by atoms with Crippen LogP contribution >= 0.6 is 22.7 Å². The molecule has 0 atom stereocenters. The van der Waals surface area contributed by atoms with E-state index in [1.807, 2.05) is 12.1 Å². The molecule has 0 radical (unpaired) electrons. The van der Waals surface area contributed by atoms with Crippen LogP contribution in [-0.2, 0) is 12.5 Å². The lowest BCUT2D eigenvalue weighted by Gasteiger charge is -1.97. The average molecular weight is 377 g/mol. The lowest BCUT2D eigenvalue weighted by atomic mass is 10.2. The highest BCUT2D eigenvalue weighted by Crippen LogP contribution is 2.25. The Morgan fingerprint density at radius 3 is 1.50 bits per heavy atom. The van der Waals surface area contributed by atoms with Crippen molar-refractivity contribution in [3.63, 3.8) is 0 Å². The van der Waals surface area contributed by atoms with Crippen molar-refractivity contribution in [1.82, 2.24) is 0 Å². The first-order valence-electron chi connectivity index (χ1n) is 6.99. The molecule has 0 amide bonds. The number of benzene rings is 2. The first-order chi connectivity index (χ1) is 11.8. The van der Waals surface area contributed by atoms with Gasteiger partial charge in [0.25, 0.3) is 0 Å². The molecule has 0 aliphatic carbocycles. The molecule has 0 N–H and O–H groups in total. The molecule has 0 saturated heterocycles. The topological polar surface area (TPSA) is 35.5 Å². The van der Waals surface area contributed by atoms with Crippen LogP contribution in [0.2, 0.25) is 0 Å². The van der Waals surface area contributed by atoms with Gasteiger partial charge in [-0.1, -0.05) is 0 Å². The van der Waals surface area contributed by atoms with Gasteiger partial charge in [0.15, 0.2) is 12.5 Å². The van der Waals surface area contributed by atoms with E-state index in [1.165, 1.54) is 20.2 Å². The van der Waals surface area contributed by atoms with Gasteiger partial charge in [-0.2, -0.15) is 4.21 Å². The van der Waals surface area contributed by atoms with Gasteiger partial charge in [0.05, 0.1) is 14.2 Å². The molecule has 0 spiro atoms. The second-order valence-electron chi connectivity index (χ2n) is 4.65. The van der Waals surface area contributed by atoms with E-state index in [0.29, 0.717) is 0 Å². The van der Waals surface area contributed by atoms with Gasteiger partial charge in [-0.25, -0.2) is 0 Å². The van der Waals surface area contributed by atoms with Gasteiger partial charge in [-0.3, -0.25) is 0 Å². The van der Waals surface area contributed by atoms with Gasteiger partial charge < -0.3 is 9.47 Å². The van der Waals surface area contributed by atoms with Crippen LogP contribution in [0, 0.1) is 0 Å². The highest BCUT2D eigenvalue weighted by molar-refractivity contribution is 7.44. The van der Waals surface area contributed by atoms with Gasteiger partial charge in [0.2, 0.25) is 0 Å².